The van der Waals surface area contributed by atoms with Crippen molar-refractivity contribution in [1.29, 1.82) is 0 Å². The standard InChI is InChI=1S/C13H18BrNO3S/c1-9-8-10(19-12(9)14)13(17)15-7-5-3-4-6-11(16)18-2/h8H,3-7H2,1-2H3,(H,15,17). The van der Waals surface area contributed by atoms with Crippen LogP contribution >= 0.6 is 27.3 Å². The Kier molecular flexibility index (Phi) is 7.09. The number of hydrogen-bond donors (Lipinski definition) is 1. The molecule has 106 valence electrons. The molecule has 0 aliphatic carbocycles. The number of ether oxygens (including phenoxy) is 1. The summed E-state index contributed by atoms with van der Waals surface area (Å²) in [5, 5.41) is 2.88. The number of carbonyl (C=O) groups is 2. The van der Waals surface area contributed by atoms with Gasteiger partial charge in [-0.2, -0.15) is 0 Å². The van der Waals surface area contributed by atoms with Crippen molar-refractivity contribution < 1.29 is 14.3 Å². The van der Waals surface area contributed by atoms with Crippen LogP contribution in [0.15, 0.2) is 9.85 Å². The number of amides is 1. The van der Waals surface area contributed by atoms with Crippen LogP contribution in [-0.2, 0) is 9.53 Å². The van der Waals surface area contributed by atoms with Crippen molar-refractivity contribution in [2.24, 2.45) is 0 Å². The number of thiophene rings is 1. The molecule has 1 amide bonds. The van der Waals surface area contributed by atoms with E-state index in [9.17, 15) is 9.59 Å². The highest BCUT2D eigenvalue weighted by Crippen LogP contribution is 2.27. The molecule has 0 saturated heterocycles. The zero-order valence-electron chi connectivity index (χ0n) is 11.1. The van der Waals surface area contributed by atoms with Crippen LogP contribution in [0.3, 0.4) is 0 Å². The minimum absolute atomic E-state index is 0.0354. The van der Waals surface area contributed by atoms with Gasteiger partial charge in [-0.05, 0) is 47.3 Å². The Morgan fingerprint density at radius 2 is 2.11 bits per heavy atom. The lowest BCUT2D eigenvalue weighted by Gasteiger charge is -2.03. The van der Waals surface area contributed by atoms with Gasteiger partial charge < -0.3 is 10.1 Å². The molecule has 19 heavy (non-hydrogen) atoms. The molecule has 0 spiro atoms. The molecule has 0 saturated carbocycles. The summed E-state index contributed by atoms with van der Waals surface area (Å²) in [7, 11) is 1.39. The maximum absolute atomic E-state index is 11.8. The molecule has 0 unspecified atom stereocenters. The minimum atomic E-state index is -0.178. The summed E-state index contributed by atoms with van der Waals surface area (Å²) in [6, 6.07) is 1.88. The van der Waals surface area contributed by atoms with Crippen LogP contribution in [-0.4, -0.2) is 25.5 Å². The van der Waals surface area contributed by atoms with Crippen molar-refractivity contribution in [3.05, 3.63) is 20.3 Å². The zero-order valence-corrected chi connectivity index (χ0v) is 13.5. The Morgan fingerprint density at radius 3 is 2.68 bits per heavy atom. The second-order valence-corrected chi connectivity index (χ2v) is 6.58. The monoisotopic (exact) mass is 347 g/mol. The number of halogens is 1. The average Bonchev–Trinajstić information content (AvgIpc) is 2.73. The Labute approximate surface area is 125 Å². The summed E-state index contributed by atoms with van der Waals surface area (Å²) in [4.78, 5) is 23.4. The van der Waals surface area contributed by atoms with E-state index in [-0.39, 0.29) is 11.9 Å². The van der Waals surface area contributed by atoms with Crippen LogP contribution < -0.4 is 5.32 Å². The van der Waals surface area contributed by atoms with Gasteiger partial charge in [-0.3, -0.25) is 9.59 Å². The predicted octanol–water partition coefficient (Wildman–Crippen LogP) is 3.28. The lowest BCUT2D eigenvalue weighted by Crippen LogP contribution is -2.23. The number of carbonyl (C=O) groups excluding carboxylic acids is 2. The molecule has 1 aromatic rings. The van der Waals surface area contributed by atoms with Gasteiger partial charge in [0.2, 0.25) is 0 Å². The topological polar surface area (TPSA) is 55.4 Å². The van der Waals surface area contributed by atoms with Gasteiger partial charge in [0.15, 0.2) is 0 Å². The smallest absolute Gasteiger partial charge is 0.305 e. The Hall–Kier alpha value is -0.880. The van der Waals surface area contributed by atoms with Crippen LogP contribution in [0.1, 0.15) is 40.9 Å². The molecule has 0 aliphatic rings. The number of hydrogen-bond acceptors (Lipinski definition) is 4. The van der Waals surface area contributed by atoms with Gasteiger partial charge in [0.1, 0.15) is 0 Å². The van der Waals surface area contributed by atoms with E-state index in [1.54, 1.807) is 0 Å². The maximum atomic E-state index is 11.8. The van der Waals surface area contributed by atoms with E-state index in [2.05, 4.69) is 26.0 Å². The molecule has 6 heteroatoms. The van der Waals surface area contributed by atoms with E-state index in [0.717, 1.165) is 33.5 Å². The molecule has 0 radical (unpaired) electrons. The molecule has 0 atom stereocenters. The lowest BCUT2D eigenvalue weighted by molar-refractivity contribution is -0.140. The molecule has 0 bridgehead atoms. The third-order valence-corrected chi connectivity index (χ3v) is 4.79. The van der Waals surface area contributed by atoms with Crippen molar-refractivity contribution in [2.45, 2.75) is 32.6 Å². The van der Waals surface area contributed by atoms with Crippen LogP contribution in [0, 0.1) is 6.92 Å². The van der Waals surface area contributed by atoms with Gasteiger partial charge in [0.25, 0.3) is 5.91 Å². The highest BCUT2D eigenvalue weighted by atomic mass is 79.9. The average molecular weight is 348 g/mol. The molecular weight excluding hydrogens is 330 g/mol. The van der Waals surface area contributed by atoms with E-state index in [4.69, 9.17) is 0 Å². The first kappa shape index (κ1) is 16.2. The Morgan fingerprint density at radius 1 is 1.37 bits per heavy atom. The first-order valence-corrected chi connectivity index (χ1v) is 7.76. The number of rotatable bonds is 7. The van der Waals surface area contributed by atoms with Gasteiger partial charge in [0, 0.05) is 13.0 Å². The number of methoxy groups -OCH3 is 1. The normalized spacial score (nSPS) is 10.3. The maximum Gasteiger partial charge on any atom is 0.305 e. The second-order valence-electron chi connectivity index (χ2n) is 4.21. The van der Waals surface area contributed by atoms with Crippen LogP contribution in [0.2, 0.25) is 0 Å². The van der Waals surface area contributed by atoms with Crippen molar-refractivity contribution in [3.8, 4) is 0 Å². The summed E-state index contributed by atoms with van der Waals surface area (Å²) in [6.45, 7) is 2.60. The van der Waals surface area contributed by atoms with E-state index in [1.165, 1.54) is 18.4 Å². The zero-order chi connectivity index (χ0) is 14.3. The van der Waals surface area contributed by atoms with Crippen LogP contribution in [0.25, 0.3) is 0 Å². The third kappa shape index (κ3) is 5.74. The van der Waals surface area contributed by atoms with Crippen molar-refractivity contribution in [2.75, 3.05) is 13.7 Å². The predicted molar refractivity (Wildman–Crippen MR) is 79.6 cm³/mol. The van der Waals surface area contributed by atoms with E-state index >= 15 is 0 Å². The summed E-state index contributed by atoms with van der Waals surface area (Å²) in [5.41, 5.74) is 1.08. The largest absolute Gasteiger partial charge is 0.469 e. The van der Waals surface area contributed by atoms with Crippen LogP contribution in [0.5, 0.6) is 0 Å². The molecule has 1 N–H and O–H groups in total. The van der Waals surface area contributed by atoms with Gasteiger partial charge >= 0.3 is 5.97 Å². The first-order valence-electron chi connectivity index (χ1n) is 6.15. The molecule has 0 aromatic carbocycles. The second kappa shape index (κ2) is 8.32. The first-order chi connectivity index (χ1) is 9.04. The summed E-state index contributed by atoms with van der Waals surface area (Å²) in [5.74, 6) is -0.213. The summed E-state index contributed by atoms with van der Waals surface area (Å²) in [6.07, 6.45) is 3.02. The molecule has 1 aromatic heterocycles. The number of nitrogens with one attached hydrogen (secondary N) is 1. The van der Waals surface area contributed by atoms with E-state index in [0.29, 0.717) is 13.0 Å². The van der Waals surface area contributed by atoms with Gasteiger partial charge in [-0.1, -0.05) is 6.42 Å². The molecular formula is C13H18BrNO3S. The van der Waals surface area contributed by atoms with Crippen molar-refractivity contribution in [1.82, 2.24) is 5.32 Å². The fourth-order valence-corrected chi connectivity index (χ4v) is 2.99. The van der Waals surface area contributed by atoms with E-state index in [1.807, 2.05) is 13.0 Å². The number of esters is 1. The third-order valence-electron chi connectivity index (χ3n) is 2.65. The molecule has 1 heterocycles. The molecule has 0 aliphatic heterocycles. The lowest BCUT2D eigenvalue weighted by atomic mass is 10.2. The Bertz CT molecular complexity index is 426. The van der Waals surface area contributed by atoms with Crippen LogP contribution in [0.4, 0.5) is 0 Å². The fraction of sp³-hybridized carbons (Fsp3) is 0.538. The van der Waals surface area contributed by atoms with Crippen molar-refractivity contribution >= 4 is 39.1 Å². The summed E-state index contributed by atoms with van der Waals surface area (Å²) < 4.78 is 5.55. The summed E-state index contributed by atoms with van der Waals surface area (Å²) >= 11 is 4.84. The quantitative estimate of drug-likeness (QED) is 0.608. The Balaban J connectivity index is 2.16. The number of aryl methyl sites for hydroxylation is 1. The van der Waals surface area contributed by atoms with Gasteiger partial charge in [0.05, 0.1) is 15.8 Å². The van der Waals surface area contributed by atoms with Gasteiger partial charge in [-0.15, -0.1) is 11.3 Å². The SMILES string of the molecule is COC(=O)CCCCCNC(=O)c1cc(C)c(Br)s1. The molecule has 4 nitrogen and oxygen atoms in total. The number of unbranched alkanes of at least 4 members (excludes halogenated alkanes) is 2. The fourth-order valence-electron chi connectivity index (χ4n) is 1.53. The highest BCUT2D eigenvalue weighted by Gasteiger charge is 2.10. The van der Waals surface area contributed by atoms with Crippen molar-refractivity contribution in [3.63, 3.8) is 0 Å². The van der Waals surface area contributed by atoms with E-state index < -0.39 is 0 Å². The highest BCUT2D eigenvalue weighted by molar-refractivity contribution is 9.11. The molecule has 0 fully saturated rings. The molecule has 1 rings (SSSR count). The van der Waals surface area contributed by atoms with Gasteiger partial charge in [-0.25, -0.2) is 0 Å². The minimum Gasteiger partial charge on any atom is -0.469 e.